The van der Waals surface area contributed by atoms with Gasteiger partial charge in [0.2, 0.25) is 0 Å². The number of nitrogen functional groups attached to an aromatic ring is 1. The van der Waals surface area contributed by atoms with E-state index in [1.54, 1.807) is 0 Å². The minimum absolute atomic E-state index is 0.00144. The van der Waals surface area contributed by atoms with E-state index < -0.39 is 15.7 Å². The number of aromatic nitrogens is 2. The number of H-pyrrole nitrogens is 1. The van der Waals surface area contributed by atoms with Gasteiger partial charge in [0.25, 0.3) is 5.91 Å². The van der Waals surface area contributed by atoms with Crippen LogP contribution in [-0.4, -0.2) is 42.1 Å². The molecule has 20 heavy (non-hydrogen) atoms. The van der Waals surface area contributed by atoms with Crippen molar-refractivity contribution in [1.82, 2.24) is 15.5 Å². The van der Waals surface area contributed by atoms with Crippen molar-refractivity contribution in [1.29, 1.82) is 0 Å². The van der Waals surface area contributed by atoms with Crippen LogP contribution in [0.15, 0.2) is 0 Å². The molecule has 2 heterocycles. The highest BCUT2D eigenvalue weighted by molar-refractivity contribution is 7.91. The van der Waals surface area contributed by atoms with E-state index in [2.05, 4.69) is 15.5 Å². The van der Waals surface area contributed by atoms with Crippen molar-refractivity contribution in [2.45, 2.75) is 37.6 Å². The Morgan fingerprint density at radius 1 is 1.35 bits per heavy atom. The van der Waals surface area contributed by atoms with E-state index in [-0.39, 0.29) is 23.2 Å². The number of rotatable bonds is 3. The van der Waals surface area contributed by atoms with E-state index in [1.807, 2.05) is 0 Å². The highest BCUT2D eigenvalue weighted by Gasteiger charge is 2.32. The number of sulfone groups is 1. The molecule has 1 saturated carbocycles. The molecular weight excluding hydrogens is 280 g/mol. The summed E-state index contributed by atoms with van der Waals surface area (Å²) in [6.45, 7) is 0. The maximum Gasteiger partial charge on any atom is 0.274 e. The van der Waals surface area contributed by atoms with Crippen LogP contribution in [0.2, 0.25) is 0 Å². The molecule has 7 nitrogen and oxygen atoms in total. The van der Waals surface area contributed by atoms with E-state index in [0.29, 0.717) is 24.4 Å². The van der Waals surface area contributed by atoms with Gasteiger partial charge in [0.1, 0.15) is 0 Å². The highest BCUT2D eigenvalue weighted by Crippen LogP contribution is 2.42. The largest absolute Gasteiger partial charge is 0.395 e. The van der Waals surface area contributed by atoms with Crippen molar-refractivity contribution in [3.8, 4) is 0 Å². The summed E-state index contributed by atoms with van der Waals surface area (Å²) in [6, 6.07) is -0.346. The number of carbonyl (C=O) groups excluding carboxylic acids is 1. The number of amides is 1. The molecule has 0 radical (unpaired) electrons. The third-order valence-corrected chi connectivity index (χ3v) is 5.65. The Labute approximate surface area is 117 Å². The van der Waals surface area contributed by atoms with Gasteiger partial charge in [0, 0.05) is 12.0 Å². The van der Waals surface area contributed by atoms with Crippen LogP contribution >= 0.6 is 0 Å². The topological polar surface area (TPSA) is 118 Å². The van der Waals surface area contributed by atoms with E-state index in [9.17, 15) is 13.2 Å². The Hall–Kier alpha value is -1.57. The van der Waals surface area contributed by atoms with Crippen LogP contribution in [0.4, 0.5) is 5.69 Å². The molecule has 110 valence electrons. The van der Waals surface area contributed by atoms with Crippen molar-refractivity contribution in [2.24, 2.45) is 0 Å². The quantitative estimate of drug-likeness (QED) is 0.735. The number of aromatic amines is 1. The minimum atomic E-state index is -3.04. The van der Waals surface area contributed by atoms with E-state index in [4.69, 9.17) is 5.73 Å². The van der Waals surface area contributed by atoms with Gasteiger partial charge in [-0.05, 0) is 25.7 Å². The average molecular weight is 298 g/mol. The Kier molecular flexibility index (Phi) is 3.19. The van der Waals surface area contributed by atoms with Crippen LogP contribution in [0.1, 0.15) is 47.8 Å². The van der Waals surface area contributed by atoms with E-state index in [1.165, 1.54) is 0 Å². The minimum Gasteiger partial charge on any atom is -0.395 e. The van der Waals surface area contributed by atoms with Crippen molar-refractivity contribution in [2.75, 3.05) is 17.2 Å². The molecular formula is C12H18N4O3S. The fourth-order valence-electron chi connectivity index (χ4n) is 2.61. The van der Waals surface area contributed by atoms with Crippen LogP contribution in [0.25, 0.3) is 0 Å². The Morgan fingerprint density at radius 2 is 2.10 bits per heavy atom. The lowest BCUT2D eigenvalue weighted by Crippen LogP contribution is -2.43. The lowest BCUT2D eigenvalue weighted by atomic mass is 10.1. The SMILES string of the molecule is Nc1c(C(=O)NC2CCCS(=O)(=O)C2)n[nH]c1C1CC1. The number of nitrogens with zero attached hydrogens (tertiary/aromatic N) is 1. The summed E-state index contributed by atoms with van der Waals surface area (Å²) in [5.41, 5.74) is 7.32. The van der Waals surface area contributed by atoms with Gasteiger partial charge in [-0.2, -0.15) is 5.10 Å². The van der Waals surface area contributed by atoms with E-state index in [0.717, 1.165) is 18.5 Å². The third kappa shape index (κ3) is 2.65. The number of nitrogens with two attached hydrogens (primary N) is 1. The number of carbonyl (C=O) groups is 1. The molecule has 1 aromatic heterocycles. The Bertz CT molecular complexity index is 633. The molecule has 0 aromatic carbocycles. The van der Waals surface area contributed by atoms with Gasteiger partial charge < -0.3 is 11.1 Å². The second-order valence-corrected chi connectivity index (χ2v) is 7.83. The first-order valence-electron chi connectivity index (χ1n) is 6.81. The Balaban J connectivity index is 1.70. The van der Waals surface area contributed by atoms with Crippen molar-refractivity contribution >= 4 is 21.4 Å². The third-order valence-electron chi connectivity index (χ3n) is 3.83. The highest BCUT2D eigenvalue weighted by atomic mass is 32.2. The first kappa shape index (κ1) is 13.4. The number of nitrogens with one attached hydrogen (secondary N) is 2. The smallest absolute Gasteiger partial charge is 0.274 e. The van der Waals surface area contributed by atoms with Crippen LogP contribution in [0, 0.1) is 0 Å². The van der Waals surface area contributed by atoms with Gasteiger partial charge in [0.15, 0.2) is 15.5 Å². The summed E-state index contributed by atoms with van der Waals surface area (Å²) in [5, 5.41) is 9.51. The average Bonchev–Trinajstić information content (AvgIpc) is 3.11. The van der Waals surface area contributed by atoms with Crippen molar-refractivity contribution < 1.29 is 13.2 Å². The number of hydrogen-bond acceptors (Lipinski definition) is 5. The molecule has 1 aliphatic carbocycles. The molecule has 4 N–H and O–H groups in total. The van der Waals surface area contributed by atoms with Crippen LogP contribution in [-0.2, 0) is 9.84 Å². The predicted octanol–water partition coefficient (Wildman–Crippen LogP) is 0.176. The molecule has 1 unspecified atom stereocenters. The summed E-state index contributed by atoms with van der Waals surface area (Å²) < 4.78 is 23.1. The maximum atomic E-state index is 12.1. The molecule has 0 bridgehead atoms. The molecule has 1 saturated heterocycles. The maximum absolute atomic E-state index is 12.1. The predicted molar refractivity (Wildman–Crippen MR) is 74.1 cm³/mol. The summed E-state index contributed by atoms with van der Waals surface area (Å²) in [5.74, 6) is 0.195. The van der Waals surface area contributed by atoms with Crippen LogP contribution in [0.3, 0.4) is 0 Å². The normalized spacial score (nSPS) is 25.3. The van der Waals surface area contributed by atoms with Gasteiger partial charge in [-0.15, -0.1) is 0 Å². The second kappa shape index (κ2) is 4.76. The molecule has 1 aromatic rings. The van der Waals surface area contributed by atoms with E-state index >= 15 is 0 Å². The lowest BCUT2D eigenvalue weighted by molar-refractivity contribution is 0.0934. The summed E-state index contributed by atoms with van der Waals surface area (Å²) in [7, 11) is -3.04. The van der Waals surface area contributed by atoms with Crippen molar-refractivity contribution in [3.63, 3.8) is 0 Å². The van der Waals surface area contributed by atoms with Crippen LogP contribution < -0.4 is 11.1 Å². The molecule has 1 amide bonds. The fraction of sp³-hybridized carbons (Fsp3) is 0.667. The Morgan fingerprint density at radius 3 is 2.75 bits per heavy atom. The zero-order valence-electron chi connectivity index (χ0n) is 11.1. The van der Waals surface area contributed by atoms with Gasteiger partial charge in [0.05, 0.1) is 22.9 Å². The number of anilines is 1. The zero-order chi connectivity index (χ0) is 14.3. The first-order chi connectivity index (χ1) is 9.46. The molecule has 8 heteroatoms. The molecule has 1 atom stereocenters. The zero-order valence-corrected chi connectivity index (χ0v) is 11.9. The number of hydrogen-bond donors (Lipinski definition) is 3. The molecule has 1 aliphatic heterocycles. The monoisotopic (exact) mass is 298 g/mol. The van der Waals surface area contributed by atoms with Gasteiger partial charge >= 0.3 is 0 Å². The summed E-state index contributed by atoms with van der Waals surface area (Å²) in [4.78, 5) is 12.1. The standard InChI is InChI=1S/C12H18N4O3S/c13-9-10(7-3-4-7)15-16-11(9)12(17)14-8-2-1-5-20(18,19)6-8/h7-8H,1-6,13H2,(H,14,17)(H,15,16). The lowest BCUT2D eigenvalue weighted by Gasteiger charge is -2.22. The molecule has 2 aliphatic rings. The summed E-state index contributed by atoms with van der Waals surface area (Å²) >= 11 is 0. The van der Waals surface area contributed by atoms with Gasteiger partial charge in [-0.3, -0.25) is 9.89 Å². The molecule has 0 spiro atoms. The fourth-order valence-corrected chi connectivity index (χ4v) is 4.25. The van der Waals surface area contributed by atoms with Crippen molar-refractivity contribution in [3.05, 3.63) is 11.4 Å². The molecule has 3 rings (SSSR count). The van der Waals surface area contributed by atoms with Gasteiger partial charge in [-0.1, -0.05) is 0 Å². The van der Waals surface area contributed by atoms with Gasteiger partial charge in [-0.25, -0.2) is 8.42 Å². The second-order valence-electron chi connectivity index (χ2n) is 5.60. The molecule has 2 fully saturated rings. The first-order valence-corrected chi connectivity index (χ1v) is 8.63. The summed E-state index contributed by atoms with van der Waals surface area (Å²) in [6.07, 6.45) is 3.38. The van der Waals surface area contributed by atoms with Crippen LogP contribution in [0.5, 0.6) is 0 Å².